The Balaban J connectivity index is 2.00. The normalized spacial score (nSPS) is 15.1. The standard InChI is InChI=1S/C16H23NO4/c1-19-10-3-11-21-15-5-4-13(12-16(15)20-2)17-8-6-14(18)7-9-17/h4-5,12H,3,6-11H2,1-2H3. The molecule has 5 nitrogen and oxygen atoms in total. The number of carbonyl (C=O) groups excluding carboxylic acids is 1. The van der Waals surface area contributed by atoms with E-state index in [-0.39, 0.29) is 0 Å². The monoisotopic (exact) mass is 293 g/mol. The number of rotatable bonds is 7. The average molecular weight is 293 g/mol. The predicted octanol–water partition coefficient (Wildman–Crippen LogP) is 2.28. The lowest BCUT2D eigenvalue weighted by atomic mass is 10.1. The second-order valence-corrected chi connectivity index (χ2v) is 5.06. The summed E-state index contributed by atoms with van der Waals surface area (Å²) in [5, 5.41) is 0. The van der Waals surface area contributed by atoms with Crippen molar-refractivity contribution in [1.29, 1.82) is 0 Å². The second-order valence-electron chi connectivity index (χ2n) is 5.06. The van der Waals surface area contributed by atoms with E-state index in [0.717, 1.165) is 36.7 Å². The van der Waals surface area contributed by atoms with E-state index in [4.69, 9.17) is 14.2 Å². The van der Waals surface area contributed by atoms with Crippen LogP contribution in [0, 0.1) is 0 Å². The number of Topliss-reactive ketones (excluding diaryl/α,β-unsaturated/α-hetero) is 1. The number of carbonyl (C=O) groups is 1. The van der Waals surface area contributed by atoms with Gasteiger partial charge < -0.3 is 19.1 Å². The summed E-state index contributed by atoms with van der Waals surface area (Å²) in [5.74, 6) is 1.81. The van der Waals surface area contributed by atoms with Crippen LogP contribution in [0.4, 0.5) is 5.69 Å². The highest BCUT2D eigenvalue weighted by Gasteiger charge is 2.17. The highest BCUT2D eigenvalue weighted by Crippen LogP contribution is 2.32. The van der Waals surface area contributed by atoms with Gasteiger partial charge in [0.25, 0.3) is 0 Å². The van der Waals surface area contributed by atoms with Gasteiger partial charge in [0.2, 0.25) is 0 Å². The van der Waals surface area contributed by atoms with E-state index in [1.165, 1.54) is 0 Å². The highest BCUT2D eigenvalue weighted by atomic mass is 16.5. The van der Waals surface area contributed by atoms with Crippen molar-refractivity contribution >= 4 is 11.5 Å². The Labute approximate surface area is 125 Å². The fraction of sp³-hybridized carbons (Fsp3) is 0.562. The fourth-order valence-electron chi connectivity index (χ4n) is 2.37. The summed E-state index contributed by atoms with van der Waals surface area (Å²) < 4.78 is 16.1. The zero-order chi connectivity index (χ0) is 15.1. The van der Waals surface area contributed by atoms with E-state index in [0.29, 0.717) is 31.8 Å². The van der Waals surface area contributed by atoms with Crippen LogP contribution in [0.2, 0.25) is 0 Å². The summed E-state index contributed by atoms with van der Waals surface area (Å²) >= 11 is 0. The molecule has 0 aliphatic carbocycles. The van der Waals surface area contributed by atoms with Gasteiger partial charge in [-0.3, -0.25) is 4.79 Å². The number of hydrogen-bond acceptors (Lipinski definition) is 5. The first kappa shape index (κ1) is 15.6. The van der Waals surface area contributed by atoms with Crippen LogP contribution in [0.3, 0.4) is 0 Å². The molecule has 1 fully saturated rings. The molecule has 0 radical (unpaired) electrons. The summed E-state index contributed by atoms with van der Waals surface area (Å²) in [7, 11) is 3.32. The molecule has 1 aromatic carbocycles. The van der Waals surface area contributed by atoms with Crippen LogP contribution in [-0.2, 0) is 9.53 Å². The van der Waals surface area contributed by atoms with Crippen LogP contribution >= 0.6 is 0 Å². The molecule has 0 bridgehead atoms. The van der Waals surface area contributed by atoms with E-state index in [1.54, 1.807) is 14.2 Å². The largest absolute Gasteiger partial charge is 0.493 e. The van der Waals surface area contributed by atoms with Crippen LogP contribution in [0.25, 0.3) is 0 Å². The SMILES string of the molecule is COCCCOc1ccc(N2CCC(=O)CC2)cc1OC. The molecule has 0 spiro atoms. The third-order valence-electron chi connectivity index (χ3n) is 3.58. The van der Waals surface area contributed by atoms with Crippen LogP contribution < -0.4 is 14.4 Å². The molecule has 1 saturated heterocycles. The lowest BCUT2D eigenvalue weighted by Crippen LogP contribution is -2.33. The minimum Gasteiger partial charge on any atom is -0.493 e. The van der Waals surface area contributed by atoms with Crippen molar-refractivity contribution in [2.75, 3.05) is 45.4 Å². The van der Waals surface area contributed by atoms with Gasteiger partial charge >= 0.3 is 0 Å². The summed E-state index contributed by atoms with van der Waals surface area (Å²) in [6, 6.07) is 5.92. The van der Waals surface area contributed by atoms with Gasteiger partial charge in [-0.1, -0.05) is 0 Å². The number of benzene rings is 1. The summed E-state index contributed by atoms with van der Waals surface area (Å²) in [4.78, 5) is 13.5. The molecule has 5 heteroatoms. The smallest absolute Gasteiger partial charge is 0.162 e. The molecule has 0 unspecified atom stereocenters. The van der Waals surface area contributed by atoms with Crippen molar-refractivity contribution in [2.45, 2.75) is 19.3 Å². The van der Waals surface area contributed by atoms with Gasteiger partial charge in [-0.15, -0.1) is 0 Å². The Morgan fingerprint density at radius 3 is 2.52 bits per heavy atom. The zero-order valence-corrected chi connectivity index (χ0v) is 12.8. The van der Waals surface area contributed by atoms with Gasteiger partial charge in [-0.2, -0.15) is 0 Å². The first-order valence-electron chi connectivity index (χ1n) is 7.31. The van der Waals surface area contributed by atoms with Crippen molar-refractivity contribution in [3.05, 3.63) is 18.2 Å². The quantitative estimate of drug-likeness (QED) is 0.722. The minimum atomic E-state index is 0.344. The molecule has 0 saturated carbocycles. The lowest BCUT2D eigenvalue weighted by Gasteiger charge is -2.28. The second kappa shape index (κ2) is 7.88. The van der Waals surface area contributed by atoms with E-state index >= 15 is 0 Å². The van der Waals surface area contributed by atoms with E-state index in [9.17, 15) is 4.79 Å². The molecule has 116 valence electrons. The topological polar surface area (TPSA) is 48.0 Å². The molecule has 0 amide bonds. The van der Waals surface area contributed by atoms with Crippen molar-refractivity contribution in [1.82, 2.24) is 0 Å². The Morgan fingerprint density at radius 1 is 1.10 bits per heavy atom. The van der Waals surface area contributed by atoms with Crippen molar-refractivity contribution < 1.29 is 19.0 Å². The van der Waals surface area contributed by atoms with Gasteiger partial charge in [0.15, 0.2) is 11.5 Å². The first-order chi connectivity index (χ1) is 10.2. The Kier molecular flexibility index (Phi) is 5.87. The number of nitrogens with zero attached hydrogens (tertiary/aromatic N) is 1. The number of hydrogen-bond donors (Lipinski definition) is 0. The maximum atomic E-state index is 11.3. The molecule has 1 aromatic rings. The molecule has 0 atom stereocenters. The van der Waals surface area contributed by atoms with Gasteiger partial charge in [0.1, 0.15) is 5.78 Å². The summed E-state index contributed by atoms with van der Waals surface area (Å²) in [6.45, 7) is 2.83. The van der Waals surface area contributed by atoms with Crippen LogP contribution in [-0.4, -0.2) is 46.3 Å². The Bertz CT molecular complexity index is 465. The maximum Gasteiger partial charge on any atom is 0.162 e. The molecule has 0 N–H and O–H groups in total. The fourth-order valence-corrected chi connectivity index (χ4v) is 2.37. The number of piperidine rings is 1. The minimum absolute atomic E-state index is 0.344. The molecule has 21 heavy (non-hydrogen) atoms. The van der Waals surface area contributed by atoms with E-state index in [1.807, 2.05) is 18.2 Å². The number of ether oxygens (including phenoxy) is 3. The molecule has 1 heterocycles. The van der Waals surface area contributed by atoms with Gasteiger partial charge in [-0.25, -0.2) is 0 Å². The van der Waals surface area contributed by atoms with Crippen LogP contribution in [0.15, 0.2) is 18.2 Å². The predicted molar refractivity (Wildman–Crippen MR) is 81.4 cm³/mol. The number of ketones is 1. The maximum absolute atomic E-state index is 11.3. The number of methoxy groups -OCH3 is 2. The van der Waals surface area contributed by atoms with E-state index in [2.05, 4.69) is 4.90 Å². The van der Waals surface area contributed by atoms with Crippen LogP contribution in [0.1, 0.15) is 19.3 Å². The summed E-state index contributed by atoms with van der Waals surface area (Å²) in [6.07, 6.45) is 2.09. The third kappa shape index (κ3) is 4.36. The van der Waals surface area contributed by atoms with Gasteiger partial charge in [0, 0.05) is 57.8 Å². The Hall–Kier alpha value is -1.75. The Morgan fingerprint density at radius 2 is 1.86 bits per heavy atom. The van der Waals surface area contributed by atoms with Crippen LogP contribution in [0.5, 0.6) is 11.5 Å². The van der Waals surface area contributed by atoms with Gasteiger partial charge in [0.05, 0.1) is 13.7 Å². The number of anilines is 1. The molecular weight excluding hydrogens is 270 g/mol. The summed E-state index contributed by atoms with van der Waals surface area (Å²) in [5.41, 5.74) is 1.07. The average Bonchev–Trinajstić information content (AvgIpc) is 2.52. The molecule has 2 rings (SSSR count). The highest BCUT2D eigenvalue weighted by molar-refractivity contribution is 5.81. The molecular formula is C16H23NO4. The van der Waals surface area contributed by atoms with Crippen molar-refractivity contribution in [3.63, 3.8) is 0 Å². The zero-order valence-electron chi connectivity index (χ0n) is 12.8. The van der Waals surface area contributed by atoms with E-state index < -0.39 is 0 Å². The van der Waals surface area contributed by atoms with Gasteiger partial charge in [-0.05, 0) is 12.1 Å². The molecule has 0 aromatic heterocycles. The lowest BCUT2D eigenvalue weighted by molar-refractivity contribution is -0.119. The van der Waals surface area contributed by atoms with Crippen molar-refractivity contribution in [2.24, 2.45) is 0 Å². The third-order valence-corrected chi connectivity index (χ3v) is 3.58. The first-order valence-corrected chi connectivity index (χ1v) is 7.31. The molecule has 1 aliphatic rings. The van der Waals surface area contributed by atoms with Crippen molar-refractivity contribution in [3.8, 4) is 11.5 Å². The molecule has 1 aliphatic heterocycles.